The Balaban J connectivity index is 2.34. The van der Waals surface area contributed by atoms with E-state index in [1.807, 2.05) is 0 Å². The summed E-state index contributed by atoms with van der Waals surface area (Å²) in [6.07, 6.45) is 0.976. The summed E-state index contributed by atoms with van der Waals surface area (Å²) in [6, 6.07) is 7.40. The molecule has 0 radical (unpaired) electrons. The van der Waals surface area contributed by atoms with Crippen molar-refractivity contribution in [2.75, 3.05) is 0 Å². The van der Waals surface area contributed by atoms with Gasteiger partial charge in [0.25, 0.3) is 11.6 Å². The van der Waals surface area contributed by atoms with Gasteiger partial charge in [-0.1, -0.05) is 12.1 Å². The van der Waals surface area contributed by atoms with Gasteiger partial charge in [-0.25, -0.2) is 4.98 Å². The van der Waals surface area contributed by atoms with Crippen LogP contribution in [0.3, 0.4) is 0 Å². The quantitative estimate of drug-likeness (QED) is 0.631. The van der Waals surface area contributed by atoms with Crippen molar-refractivity contribution in [3.8, 4) is 11.6 Å². The Kier molecular flexibility index (Phi) is 4.10. The van der Waals surface area contributed by atoms with Crippen LogP contribution in [0.4, 0.5) is 5.69 Å². The molecule has 0 bridgehead atoms. The lowest BCUT2D eigenvalue weighted by Crippen LogP contribution is -2.13. The third-order valence-electron chi connectivity index (χ3n) is 2.63. The Morgan fingerprint density at radius 3 is 2.57 bits per heavy atom. The zero-order valence-corrected chi connectivity index (χ0v) is 10.7. The van der Waals surface area contributed by atoms with Crippen LogP contribution >= 0.6 is 0 Å². The molecule has 21 heavy (non-hydrogen) atoms. The van der Waals surface area contributed by atoms with Crippen molar-refractivity contribution in [3.05, 3.63) is 57.8 Å². The Bertz CT molecular complexity index is 685. The van der Waals surface area contributed by atoms with E-state index in [4.69, 9.17) is 15.6 Å². The molecule has 0 aliphatic heterocycles. The molecular formula is C13H11N3O5. The second-order valence-electron chi connectivity index (χ2n) is 4.07. The van der Waals surface area contributed by atoms with E-state index in [2.05, 4.69) is 4.98 Å². The van der Waals surface area contributed by atoms with Gasteiger partial charge in [0.2, 0.25) is 5.88 Å². The normalized spacial score (nSPS) is 10.1. The van der Waals surface area contributed by atoms with Gasteiger partial charge in [0.15, 0.2) is 0 Å². The Morgan fingerprint density at radius 2 is 2.05 bits per heavy atom. The third-order valence-corrected chi connectivity index (χ3v) is 2.63. The number of benzene rings is 1. The van der Waals surface area contributed by atoms with Crippen LogP contribution in [0.5, 0.6) is 11.6 Å². The van der Waals surface area contributed by atoms with Gasteiger partial charge in [-0.2, -0.15) is 0 Å². The molecular weight excluding hydrogens is 278 g/mol. The van der Waals surface area contributed by atoms with E-state index in [-0.39, 0.29) is 23.7 Å². The molecule has 3 N–H and O–H groups in total. The van der Waals surface area contributed by atoms with Crippen LogP contribution in [0, 0.1) is 10.1 Å². The van der Waals surface area contributed by atoms with Gasteiger partial charge < -0.3 is 15.6 Å². The monoisotopic (exact) mass is 289 g/mol. The highest BCUT2D eigenvalue weighted by Gasteiger charge is 2.17. The molecule has 0 aliphatic rings. The molecule has 0 atom stereocenters. The van der Waals surface area contributed by atoms with Gasteiger partial charge >= 0.3 is 0 Å². The second kappa shape index (κ2) is 5.97. The van der Waals surface area contributed by atoms with Gasteiger partial charge in [-0.3, -0.25) is 14.9 Å². The summed E-state index contributed by atoms with van der Waals surface area (Å²) < 4.78 is 5.39. The molecule has 0 saturated heterocycles. The zero-order chi connectivity index (χ0) is 15.4. The van der Waals surface area contributed by atoms with Gasteiger partial charge in [-0.05, 0) is 17.7 Å². The highest BCUT2D eigenvalue weighted by Crippen LogP contribution is 2.26. The van der Waals surface area contributed by atoms with Crippen LogP contribution in [-0.2, 0) is 6.61 Å². The van der Waals surface area contributed by atoms with Gasteiger partial charge in [-0.15, -0.1) is 0 Å². The molecule has 2 rings (SSSR count). The SMILES string of the molecule is NC(=O)c1cc([N+](=O)[O-])cnc1Oc1ccc(CO)cc1. The molecule has 2 aromatic rings. The number of nitro groups is 1. The number of carbonyl (C=O) groups is 1. The number of aliphatic hydroxyl groups excluding tert-OH is 1. The number of pyridine rings is 1. The molecule has 8 heteroatoms. The van der Waals surface area contributed by atoms with Crippen molar-refractivity contribution in [3.63, 3.8) is 0 Å². The minimum atomic E-state index is -0.881. The highest BCUT2D eigenvalue weighted by atomic mass is 16.6. The summed E-state index contributed by atoms with van der Waals surface area (Å²) in [5, 5.41) is 19.6. The first-order valence-corrected chi connectivity index (χ1v) is 5.83. The number of aromatic nitrogens is 1. The van der Waals surface area contributed by atoms with E-state index in [1.54, 1.807) is 24.3 Å². The fraction of sp³-hybridized carbons (Fsp3) is 0.0769. The van der Waals surface area contributed by atoms with Crippen molar-refractivity contribution in [2.24, 2.45) is 5.73 Å². The lowest BCUT2D eigenvalue weighted by molar-refractivity contribution is -0.385. The molecule has 8 nitrogen and oxygen atoms in total. The van der Waals surface area contributed by atoms with Crippen molar-refractivity contribution in [2.45, 2.75) is 6.61 Å². The maximum Gasteiger partial charge on any atom is 0.288 e. The number of rotatable bonds is 5. The van der Waals surface area contributed by atoms with Crippen molar-refractivity contribution in [1.82, 2.24) is 4.98 Å². The van der Waals surface area contributed by atoms with E-state index in [0.717, 1.165) is 12.3 Å². The standard InChI is InChI=1S/C13H11N3O5/c14-12(18)11-5-9(16(19)20)6-15-13(11)21-10-3-1-8(7-17)2-4-10/h1-6,17H,7H2,(H2,14,18). The zero-order valence-electron chi connectivity index (χ0n) is 10.7. The highest BCUT2D eigenvalue weighted by molar-refractivity contribution is 5.95. The topological polar surface area (TPSA) is 129 Å². The predicted molar refractivity (Wildman–Crippen MR) is 71.8 cm³/mol. The molecule has 1 heterocycles. The molecule has 0 spiro atoms. The van der Waals surface area contributed by atoms with E-state index in [0.29, 0.717) is 11.3 Å². The third kappa shape index (κ3) is 3.31. The summed E-state index contributed by atoms with van der Waals surface area (Å²) >= 11 is 0. The Morgan fingerprint density at radius 1 is 1.38 bits per heavy atom. The second-order valence-corrected chi connectivity index (χ2v) is 4.07. The van der Waals surface area contributed by atoms with Gasteiger partial charge in [0, 0.05) is 6.07 Å². The number of amides is 1. The number of ether oxygens (including phenoxy) is 1. The Hall–Kier alpha value is -3.00. The minimum Gasteiger partial charge on any atom is -0.438 e. The van der Waals surface area contributed by atoms with Crippen molar-refractivity contribution in [1.29, 1.82) is 0 Å². The van der Waals surface area contributed by atoms with E-state index < -0.39 is 10.8 Å². The summed E-state index contributed by atoms with van der Waals surface area (Å²) in [6.45, 7) is -0.109. The predicted octanol–water partition coefficient (Wildman–Crippen LogP) is 1.37. The van der Waals surface area contributed by atoms with Crippen molar-refractivity contribution < 1.29 is 19.6 Å². The fourth-order valence-corrected chi connectivity index (χ4v) is 1.57. The summed E-state index contributed by atoms with van der Waals surface area (Å²) in [4.78, 5) is 25.1. The number of hydrogen-bond donors (Lipinski definition) is 2. The van der Waals surface area contributed by atoms with Crippen molar-refractivity contribution >= 4 is 11.6 Å². The average Bonchev–Trinajstić information content (AvgIpc) is 2.48. The maximum atomic E-state index is 11.3. The van der Waals surface area contributed by atoms with Crippen LogP contribution in [0.25, 0.3) is 0 Å². The molecule has 0 fully saturated rings. The minimum absolute atomic E-state index is 0.109. The van der Waals surface area contributed by atoms with Crippen LogP contribution in [0.15, 0.2) is 36.5 Å². The summed E-state index contributed by atoms with van der Waals surface area (Å²) in [5.41, 5.74) is 5.32. The van der Waals surface area contributed by atoms with Crippen LogP contribution in [0.2, 0.25) is 0 Å². The molecule has 1 aromatic heterocycles. The molecule has 0 unspecified atom stereocenters. The first kappa shape index (κ1) is 14.4. The number of aliphatic hydroxyl groups is 1. The number of nitrogens with zero attached hydrogens (tertiary/aromatic N) is 2. The molecule has 0 saturated carbocycles. The molecule has 0 aliphatic carbocycles. The first-order valence-electron chi connectivity index (χ1n) is 5.83. The average molecular weight is 289 g/mol. The maximum absolute atomic E-state index is 11.3. The lowest BCUT2D eigenvalue weighted by atomic mass is 10.2. The number of primary amides is 1. The molecule has 1 amide bonds. The van der Waals surface area contributed by atoms with E-state index in [9.17, 15) is 14.9 Å². The van der Waals surface area contributed by atoms with E-state index in [1.165, 1.54) is 0 Å². The van der Waals surface area contributed by atoms with Crippen LogP contribution in [-0.4, -0.2) is 20.9 Å². The van der Waals surface area contributed by atoms with Gasteiger partial charge in [0.05, 0.1) is 11.5 Å². The lowest BCUT2D eigenvalue weighted by Gasteiger charge is -2.08. The van der Waals surface area contributed by atoms with Crippen LogP contribution < -0.4 is 10.5 Å². The number of carbonyl (C=O) groups excluding carboxylic acids is 1. The summed E-state index contributed by atoms with van der Waals surface area (Å²) in [7, 11) is 0. The first-order chi connectivity index (χ1) is 10.0. The largest absolute Gasteiger partial charge is 0.438 e. The molecule has 108 valence electrons. The number of nitrogens with two attached hydrogens (primary N) is 1. The van der Waals surface area contributed by atoms with Crippen LogP contribution in [0.1, 0.15) is 15.9 Å². The summed E-state index contributed by atoms with van der Waals surface area (Å²) in [5.74, 6) is -0.644. The fourth-order valence-electron chi connectivity index (χ4n) is 1.57. The smallest absolute Gasteiger partial charge is 0.288 e. The molecule has 1 aromatic carbocycles. The van der Waals surface area contributed by atoms with Gasteiger partial charge in [0.1, 0.15) is 17.5 Å². The Labute approximate surface area is 119 Å². The van der Waals surface area contributed by atoms with E-state index >= 15 is 0 Å². The number of hydrogen-bond acceptors (Lipinski definition) is 6.